The second-order valence-electron chi connectivity index (χ2n) is 7.69. The van der Waals surface area contributed by atoms with Crippen LogP contribution in [0.25, 0.3) is 0 Å². The van der Waals surface area contributed by atoms with Gasteiger partial charge in [-0.15, -0.1) is 0 Å². The fourth-order valence-corrected chi connectivity index (χ4v) is 3.87. The second kappa shape index (κ2) is 6.92. The van der Waals surface area contributed by atoms with Crippen molar-refractivity contribution in [1.29, 1.82) is 0 Å². The number of nitrogens with zero attached hydrogens (tertiary/aromatic N) is 1. The van der Waals surface area contributed by atoms with Crippen LogP contribution >= 0.6 is 0 Å². The summed E-state index contributed by atoms with van der Waals surface area (Å²) in [5, 5.41) is 32.2. The molecule has 0 saturated carbocycles. The van der Waals surface area contributed by atoms with Crippen LogP contribution in [-0.4, -0.2) is 76.5 Å². The molecule has 2 saturated heterocycles. The first-order valence-electron chi connectivity index (χ1n) is 9.36. The van der Waals surface area contributed by atoms with Crippen LogP contribution in [-0.2, 0) is 11.2 Å². The lowest BCUT2D eigenvalue weighted by molar-refractivity contribution is -0.142. The van der Waals surface area contributed by atoms with Crippen LogP contribution in [0.15, 0.2) is 12.1 Å². The number of ether oxygens (including phenoxy) is 1. The second-order valence-corrected chi connectivity index (χ2v) is 7.69. The van der Waals surface area contributed by atoms with Gasteiger partial charge in [-0.05, 0) is 24.5 Å². The number of aromatic carboxylic acids is 1. The van der Waals surface area contributed by atoms with Gasteiger partial charge in [-0.25, -0.2) is 4.79 Å². The number of rotatable bonds is 4. The Hall–Kier alpha value is -2.34. The Morgan fingerprint density at radius 2 is 2.07 bits per heavy atom. The smallest absolute Gasteiger partial charge is 0.430 e. The van der Waals surface area contributed by atoms with Crippen molar-refractivity contribution >= 4 is 18.6 Å². The van der Waals surface area contributed by atoms with Crippen molar-refractivity contribution < 1.29 is 34.1 Å². The molecule has 11 heteroatoms. The number of nitrogens with one attached hydrogen (secondary N) is 1. The van der Waals surface area contributed by atoms with Crippen molar-refractivity contribution in [2.75, 3.05) is 19.6 Å². The number of carbonyl (C=O) groups excluding carboxylic acids is 1. The van der Waals surface area contributed by atoms with Crippen molar-refractivity contribution in [3.8, 4) is 11.5 Å². The highest BCUT2D eigenvalue weighted by Gasteiger charge is 2.39. The summed E-state index contributed by atoms with van der Waals surface area (Å²) in [5.41, 5.74) is 6.16. The van der Waals surface area contributed by atoms with Crippen LogP contribution in [0.5, 0.6) is 11.5 Å². The average molecular weight is 392 g/mol. The molecule has 2 atom stereocenters. The van der Waals surface area contributed by atoms with Gasteiger partial charge in [0.1, 0.15) is 17.4 Å². The molecule has 4 rings (SSSR count). The first-order valence-corrected chi connectivity index (χ1v) is 9.36. The Labute approximate surface area is 161 Å². The third-order valence-corrected chi connectivity index (χ3v) is 5.43. The standard InChI is InChI=1S/C17H23BN3O7/c19-10-5-12(20-6-10)16(22)21-7-11(8-21)27-13-2-1-9-3-4-18(25,26)28-15(9)14(13)17(23)24/h1-2,10-12,20,25-26H,3-8,19H2,(H,23,24)/q-1/t10-,12-/m0/s1. The number of hydrogen-bond donors (Lipinski definition) is 5. The summed E-state index contributed by atoms with van der Waals surface area (Å²) >= 11 is 0. The van der Waals surface area contributed by atoms with E-state index >= 15 is 0 Å². The van der Waals surface area contributed by atoms with E-state index < -0.39 is 12.7 Å². The number of carboxylic acids is 1. The topological polar surface area (TPSA) is 155 Å². The summed E-state index contributed by atoms with van der Waals surface area (Å²) in [6, 6.07) is 2.89. The van der Waals surface area contributed by atoms with E-state index in [9.17, 15) is 24.7 Å². The average Bonchev–Trinajstić information content (AvgIpc) is 3.02. The molecule has 2 fully saturated rings. The van der Waals surface area contributed by atoms with Gasteiger partial charge in [0.05, 0.1) is 24.9 Å². The Bertz CT molecular complexity index is 812. The Morgan fingerprint density at radius 1 is 1.32 bits per heavy atom. The number of fused-ring (bicyclic) bond motifs is 1. The number of benzene rings is 1. The number of nitrogens with two attached hydrogens (primary N) is 1. The van der Waals surface area contributed by atoms with Gasteiger partial charge in [0, 0.05) is 12.6 Å². The number of carboxylic acid groups (broad SMARTS) is 1. The van der Waals surface area contributed by atoms with Crippen LogP contribution in [0.4, 0.5) is 0 Å². The summed E-state index contributed by atoms with van der Waals surface area (Å²) in [5.74, 6) is -1.31. The molecule has 28 heavy (non-hydrogen) atoms. The summed E-state index contributed by atoms with van der Waals surface area (Å²) in [4.78, 5) is 25.8. The van der Waals surface area contributed by atoms with E-state index in [1.807, 2.05) is 0 Å². The predicted octanol–water partition coefficient (Wildman–Crippen LogP) is -1.48. The molecular weight excluding hydrogens is 369 g/mol. The molecule has 1 aromatic rings. The maximum absolute atomic E-state index is 12.4. The Kier molecular flexibility index (Phi) is 4.70. The Morgan fingerprint density at radius 3 is 2.71 bits per heavy atom. The molecule has 0 bridgehead atoms. The minimum atomic E-state index is -3.09. The molecule has 0 radical (unpaired) electrons. The van der Waals surface area contributed by atoms with E-state index in [1.165, 1.54) is 0 Å². The van der Waals surface area contributed by atoms with Crippen molar-refractivity contribution in [2.24, 2.45) is 5.73 Å². The molecular formula is C17H23BN3O7-. The molecule has 1 amide bonds. The van der Waals surface area contributed by atoms with Gasteiger partial charge in [-0.1, -0.05) is 12.4 Å². The van der Waals surface area contributed by atoms with Gasteiger partial charge in [0.25, 0.3) is 0 Å². The highest BCUT2D eigenvalue weighted by atomic mass is 16.6. The lowest BCUT2D eigenvalue weighted by Gasteiger charge is -2.41. The normalized spacial score (nSPS) is 26.2. The quantitative estimate of drug-likeness (QED) is 0.386. The number of hydrogen-bond acceptors (Lipinski definition) is 8. The number of aryl methyl sites for hydroxylation is 1. The fraction of sp³-hybridized carbons (Fsp3) is 0.529. The highest BCUT2D eigenvalue weighted by molar-refractivity contribution is 6.59. The SMILES string of the molecule is N[C@@H]1CN[C@H](C(=O)N2CC(Oc3ccc4c(c3C(=O)O)O[B-](O)(O)CC4)C2)C1. The Balaban J connectivity index is 1.45. The third-order valence-electron chi connectivity index (χ3n) is 5.43. The molecule has 3 aliphatic rings. The summed E-state index contributed by atoms with van der Waals surface area (Å²) in [7, 11) is 0. The van der Waals surface area contributed by atoms with E-state index in [0.717, 1.165) is 0 Å². The van der Waals surface area contributed by atoms with Crippen molar-refractivity contribution in [3.05, 3.63) is 23.3 Å². The molecule has 0 aliphatic carbocycles. The van der Waals surface area contributed by atoms with Gasteiger partial charge in [0.15, 0.2) is 0 Å². The zero-order valence-corrected chi connectivity index (χ0v) is 15.2. The van der Waals surface area contributed by atoms with Gasteiger partial charge < -0.3 is 40.5 Å². The maximum Gasteiger partial charge on any atom is 0.430 e. The molecule has 0 aromatic heterocycles. The van der Waals surface area contributed by atoms with Crippen LogP contribution in [0, 0.1) is 0 Å². The molecule has 3 aliphatic heterocycles. The first kappa shape index (κ1) is 19.0. The summed E-state index contributed by atoms with van der Waals surface area (Å²) < 4.78 is 10.9. The lowest BCUT2D eigenvalue weighted by atomic mass is 9.70. The molecule has 6 N–H and O–H groups in total. The zero-order valence-electron chi connectivity index (χ0n) is 15.2. The van der Waals surface area contributed by atoms with E-state index in [0.29, 0.717) is 38.0 Å². The van der Waals surface area contributed by atoms with Crippen molar-refractivity contribution in [3.63, 3.8) is 0 Å². The van der Waals surface area contributed by atoms with Crippen LogP contribution in [0.3, 0.4) is 0 Å². The third kappa shape index (κ3) is 3.53. The molecule has 10 nitrogen and oxygen atoms in total. The molecule has 3 heterocycles. The first-order chi connectivity index (χ1) is 13.2. The van der Waals surface area contributed by atoms with Crippen molar-refractivity contribution in [2.45, 2.75) is 37.3 Å². The monoisotopic (exact) mass is 392 g/mol. The van der Waals surface area contributed by atoms with Gasteiger partial charge >= 0.3 is 12.7 Å². The fourth-order valence-electron chi connectivity index (χ4n) is 3.87. The summed E-state index contributed by atoms with van der Waals surface area (Å²) in [6.45, 7) is -1.79. The minimum absolute atomic E-state index is 0.00478. The van der Waals surface area contributed by atoms with Crippen LogP contribution in [0.2, 0.25) is 6.32 Å². The van der Waals surface area contributed by atoms with Gasteiger partial charge in [-0.2, -0.15) is 0 Å². The largest absolute Gasteiger partial charge is 0.669 e. The van der Waals surface area contributed by atoms with E-state index in [1.54, 1.807) is 17.0 Å². The zero-order chi connectivity index (χ0) is 20.1. The summed E-state index contributed by atoms with van der Waals surface area (Å²) in [6.07, 6.45) is 0.547. The molecule has 0 spiro atoms. The minimum Gasteiger partial charge on any atom is -0.669 e. The lowest BCUT2D eigenvalue weighted by Crippen LogP contribution is -2.59. The molecule has 152 valence electrons. The van der Waals surface area contributed by atoms with Crippen LogP contribution in [0.1, 0.15) is 22.3 Å². The number of likely N-dealkylation sites (tertiary alicyclic amines) is 1. The highest BCUT2D eigenvalue weighted by Crippen LogP contribution is 2.39. The maximum atomic E-state index is 12.4. The molecule has 0 unspecified atom stereocenters. The van der Waals surface area contributed by atoms with Crippen molar-refractivity contribution in [1.82, 2.24) is 10.2 Å². The van der Waals surface area contributed by atoms with Gasteiger partial charge in [0.2, 0.25) is 5.91 Å². The molecule has 1 aromatic carbocycles. The van der Waals surface area contributed by atoms with E-state index in [4.69, 9.17) is 15.1 Å². The number of amides is 1. The van der Waals surface area contributed by atoms with Gasteiger partial charge in [-0.3, -0.25) is 4.79 Å². The van der Waals surface area contributed by atoms with E-state index in [2.05, 4.69) is 5.32 Å². The number of carbonyl (C=O) groups is 2. The predicted molar refractivity (Wildman–Crippen MR) is 98.1 cm³/mol. The van der Waals surface area contributed by atoms with Crippen LogP contribution < -0.4 is 20.4 Å². The van der Waals surface area contributed by atoms with E-state index in [-0.39, 0.29) is 47.5 Å².